The molecule has 1 atom stereocenters. The summed E-state index contributed by atoms with van der Waals surface area (Å²) in [7, 11) is 0. The quantitative estimate of drug-likeness (QED) is 0.561. The van der Waals surface area contributed by atoms with Crippen LogP contribution in [0.3, 0.4) is 0 Å². The molecule has 0 bridgehead atoms. The summed E-state index contributed by atoms with van der Waals surface area (Å²) >= 11 is 0. The van der Waals surface area contributed by atoms with E-state index in [1.807, 2.05) is 6.20 Å². The molecule has 1 heterocycles. The lowest BCUT2D eigenvalue weighted by molar-refractivity contribution is 0.333. The molecule has 62 valence electrons. The molecule has 0 aromatic rings. The third kappa shape index (κ3) is 2.11. The van der Waals surface area contributed by atoms with Gasteiger partial charge in [-0.1, -0.05) is 32.4 Å². The Labute approximate surface area is 69.2 Å². The molecular weight excluding hydrogens is 134 g/mol. The molecule has 1 aliphatic rings. The maximum absolute atomic E-state index is 3.33. The lowest BCUT2D eigenvalue weighted by Gasteiger charge is -2.30. The molecule has 0 aromatic carbocycles. The Morgan fingerprint density at radius 2 is 2.00 bits per heavy atom. The van der Waals surface area contributed by atoms with Gasteiger partial charge < -0.3 is 5.32 Å². The SMILES string of the molecule is CC1=CC(C(C)(C)C)NC=C1. The molecule has 0 saturated heterocycles. The molecule has 1 heteroatoms. The van der Waals surface area contributed by atoms with Crippen molar-refractivity contribution in [2.45, 2.75) is 33.7 Å². The Hall–Kier alpha value is -0.720. The van der Waals surface area contributed by atoms with Crippen LogP contribution >= 0.6 is 0 Å². The average Bonchev–Trinajstić information content (AvgIpc) is 1.86. The fourth-order valence-corrected chi connectivity index (χ4v) is 1.15. The summed E-state index contributed by atoms with van der Waals surface area (Å²) in [6.07, 6.45) is 6.41. The smallest absolute Gasteiger partial charge is 0.0492 e. The van der Waals surface area contributed by atoms with Crippen LogP contribution in [0, 0.1) is 5.41 Å². The van der Waals surface area contributed by atoms with Crippen LogP contribution in [-0.2, 0) is 0 Å². The zero-order valence-corrected chi connectivity index (χ0v) is 7.81. The first-order valence-electron chi connectivity index (χ1n) is 4.11. The highest BCUT2D eigenvalue weighted by Gasteiger charge is 2.22. The van der Waals surface area contributed by atoms with Crippen molar-refractivity contribution in [2.24, 2.45) is 5.41 Å². The average molecular weight is 151 g/mol. The first kappa shape index (κ1) is 8.38. The number of nitrogens with one attached hydrogen (secondary N) is 1. The molecule has 1 aliphatic heterocycles. The van der Waals surface area contributed by atoms with Crippen molar-refractivity contribution in [1.29, 1.82) is 0 Å². The number of rotatable bonds is 0. The molecule has 1 N–H and O–H groups in total. The van der Waals surface area contributed by atoms with Gasteiger partial charge in [-0.3, -0.25) is 0 Å². The number of hydrogen-bond donors (Lipinski definition) is 1. The van der Waals surface area contributed by atoms with Crippen LogP contribution in [0.1, 0.15) is 27.7 Å². The van der Waals surface area contributed by atoms with Gasteiger partial charge in [0.1, 0.15) is 0 Å². The van der Waals surface area contributed by atoms with E-state index in [9.17, 15) is 0 Å². The molecular formula is C10H17N. The van der Waals surface area contributed by atoms with Gasteiger partial charge in [-0.15, -0.1) is 0 Å². The summed E-state index contributed by atoms with van der Waals surface area (Å²) in [5, 5.41) is 3.33. The summed E-state index contributed by atoms with van der Waals surface area (Å²) in [4.78, 5) is 0. The predicted octanol–water partition coefficient (Wildman–Crippen LogP) is 2.46. The molecule has 0 radical (unpaired) electrons. The summed E-state index contributed by atoms with van der Waals surface area (Å²) in [5.41, 5.74) is 1.66. The Kier molecular flexibility index (Phi) is 2.08. The molecule has 0 aliphatic carbocycles. The second-order valence-corrected chi connectivity index (χ2v) is 4.25. The summed E-state index contributed by atoms with van der Waals surface area (Å²) in [5.74, 6) is 0. The van der Waals surface area contributed by atoms with Gasteiger partial charge in [-0.05, 0) is 24.6 Å². The Bertz CT molecular complexity index is 193. The molecule has 1 nitrogen and oxygen atoms in total. The van der Waals surface area contributed by atoms with Gasteiger partial charge >= 0.3 is 0 Å². The predicted molar refractivity (Wildman–Crippen MR) is 49.3 cm³/mol. The normalized spacial score (nSPS) is 24.4. The van der Waals surface area contributed by atoms with Gasteiger partial charge in [-0.2, -0.15) is 0 Å². The Balaban J connectivity index is 2.71. The largest absolute Gasteiger partial charge is 0.384 e. The highest BCUT2D eigenvalue weighted by atomic mass is 14.9. The lowest BCUT2D eigenvalue weighted by Crippen LogP contribution is -2.37. The van der Waals surface area contributed by atoms with E-state index in [0.29, 0.717) is 11.5 Å². The van der Waals surface area contributed by atoms with Crippen molar-refractivity contribution in [1.82, 2.24) is 5.32 Å². The minimum Gasteiger partial charge on any atom is -0.384 e. The first-order chi connectivity index (χ1) is 5.00. The Morgan fingerprint density at radius 1 is 1.36 bits per heavy atom. The van der Waals surface area contributed by atoms with Crippen LogP contribution < -0.4 is 5.32 Å². The maximum atomic E-state index is 3.33. The zero-order valence-electron chi connectivity index (χ0n) is 7.81. The molecule has 0 amide bonds. The van der Waals surface area contributed by atoms with Crippen molar-refractivity contribution < 1.29 is 0 Å². The van der Waals surface area contributed by atoms with Crippen molar-refractivity contribution in [2.75, 3.05) is 0 Å². The van der Waals surface area contributed by atoms with Gasteiger partial charge in [0.25, 0.3) is 0 Å². The molecule has 0 saturated carbocycles. The fraction of sp³-hybridized carbons (Fsp3) is 0.600. The van der Waals surface area contributed by atoms with E-state index in [1.54, 1.807) is 0 Å². The summed E-state index contributed by atoms with van der Waals surface area (Å²) in [6.45, 7) is 8.87. The van der Waals surface area contributed by atoms with Gasteiger partial charge in [0.05, 0.1) is 0 Å². The van der Waals surface area contributed by atoms with Crippen LogP contribution in [0.15, 0.2) is 23.9 Å². The topological polar surface area (TPSA) is 12.0 Å². The molecule has 0 aromatic heterocycles. The lowest BCUT2D eigenvalue weighted by atomic mass is 9.85. The minimum atomic E-state index is 0.312. The van der Waals surface area contributed by atoms with Gasteiger partial charge in [0.2, 0.25) is 0 Å². The highest BCUT2D eigenvalue weighted by molar-refractivity contribution is 5.23. The van der Waals surface area contributed by atoms with Crippen LogP contribution in [0.25, 0.3) is 0 Å². The standard InChI is InChI=1S/C10H17N/c1-8-5-6-11-9(7-8)10(2,3)4/h5-7,9,11H,1-4H3. The van der Waals surface area contributed by atoms with Crippen LogP contribution in [-0.4, -0.2) is 6.04 Å². The van der Waals surface area contributed by atoms with E-state index < -0.39 is 0 Å². The molecule has 11 heavy (non-hydrogen) atoms. The van der Waals surface area contributed by atoms with Crippen molar-refractivity contribution in [3.05, 3.63) is 23.9 Å². The molecule has 0 fully saturated rings. The summed E-state index contributed by atoms with van der Waals surface area (Å²) < 4.78 is 0. The number of dihydropyridines is 1. The zero-order chi connectivity index (χ0) is 8.48. The third-order valence-electron chi connectivity index (χ3n) is 1.98. The fourth-order valence-electron chi connectivity index (χ4n) is 1.15. The van der Waals surface area contributed by atoms with E-state index in [-0.39, 0.29) is 0 Å². The van der Waals surface area contributed by atoms with Crippen molar-refractivity contribution in [3.63, 3.8) is 0 Å². The van der Waals surface area contributed by atoms with E-state index in [1.165, 1.54) is 5.57 Å². The van der Waals surface area contributed by atoms with E-state index in [2.05, 4.69) is 45.2 Å². The monoisotopic (exact) mass is 151 g/mol. The van der Waals surface area contributed by atoms with E-state index >= 15 is 0 Å². The second-order valence-electron chi connectivity index (χ2n) is 4.25. The molecule has 1 rings (SSSR count). The number of hydrogen-bond acceptors (Lipinski definition) is 1. The number of allylic oxidation sites excluding steroid dienone is 2. The minimum absolute atomic E-state index is 0.312. The first-order valence-corrected chi connectivity index (χ1v) is 4.11. The Morgan fingerprint density at radius 3 is 2.36 bits per heavy atom. The van der Waals surface area contributed by atoms with Gasteiger partial charge in [0.15, 0.2) is 0 Å². The van der Waals surface area contributed by atoms with Crippen LogP contribution in [0.4, 0.5) is 0 Å². The highest BCUT2D eigenvalue weighted by Crippen LogP contribution is 2.23. The van der Waals surface area contributed by atoms with Crippen LogP contribution in [0.2, 0.25) is 0 Å². The molecule has 0 spiro atoms. The summed E-state index contributed by atoms with van der Waals surface area (Å²) in [6, 6.07) is 0.479. The third-order valence-corrected chi connectivity index (χ3v) is 1.98. The molecule has 1 unspecified atom stereocenters. The van der Waals surface area contributed by atoms with E-state index in [0.717, 1.165) is 0 Å². The van der Waals surface area contributed by atoms with Crippen molar-refractivity contribution in [3.8, 4) is 0 Å². The van der Waals surface area contributed by atoms with E-state index in [4.69, 9.17) is 0 Å². The second kappa shape index (κ2) is 2.72. The van der Waals surface area contributed by atoms with Gasteiger partial charge in [0, 0.05) is 6.04 Å². The van der Waals surface area contributed by atoms with Crippen molar-refractivity contribution >= 4 is 0 Å². The van der Waals surface area contributed by atoms with Crippen LogP contribution in [0.5, 0.6) is 0 Å². The maximum Gasteiger partial charge on any atom is 0.0492 e. The van der Waals surface area contributed by atoms with Gasteiger partial charge in [-0.25, -0.2) is 0 Å².